The quantitative estimate of drug-likeness (QED) is 0.120. The summed E-state index contributed by atoms with van der Waals surface area (Å²) in [6.45, 7) is 0. The number of fused-ring (bicyclic) bond motifs is 12. The van der Waals surface area contributed by atoms with Crippen LogP contribution in [0, 0.1) is 0 Å². The van der Waals surface area contributed by atoms with Crippen LogP contribution < -0.4 is 0 Å². The lowest BCUT2D eigenvalue weighted by atomic mass is 9.66. The van der Waals surface area contributed by atoms with Crippen molar-refractivity contribution < 1.29 is 0 Å². The zero-order valence-corrected chi connectivity index (χ0v) is 34.6. The first kappa shape index (κ1) is 35.7. The third-order valence-electron chi connectivity index (χ3n) is 13.9. The lowest BCUT2D eigenvalue weighted by molar-refractivity contribution is 0.777. The van der Waals surface area contributed by atoms with Crippen molar-refractivity contribution in [3.05, 3.63) is 265 Å². The van der Waals surface area contributed by atoms with Gasteiger partial charge < -0.3 is 0 Å². The fraction of sp³-hybridized carbons (Fsp3) is 0.0159. The summed E-state index contributed by atoms with van der Waals surface area (Å²) in [7, 11) is 0. The van der Waals surface area contributed by atoms with Crippen molar-refractivity contribution in [1.82, 2.24) is 0 Å². The zero-order chi connectivity index (χ0) is 41.5. The van der Waals surface area contributed by atoms with Crippen molar-refractivity contribution in [3.8, 4) is 44.5 Å². The molecule has 0 saturated carbocycles. The van der Waals surface area contributed by atoms with Crippen molar-refractivity contribution in [2.24, 2.45) is 0 Å². The molecule has 0 amide bonds. The van der Waals surface area contributed by atoms with Gasteiger partial charge in [0.15, 0.2) is 0 Å². The van der Waals surface area contributed by atoms with Gasteiger partial charge in [0.1, 0.15) is 0 Å². The topological polar surface area (TPSA) is 0 Å². The molecule has 292 valence electrons. The van der Waals surface area contributed by atoms with E-state index in [1.165, 1.54) is 121 Å². The predicted molar refractivity (Wildman–Crippen MR) is 268 cm³/mol. The molecule has 0 radical (unpaired) electrons. The van der Waals surface area contributed by atoms with E-state index in [1.54, 1.807) is 0 Å². The van der Waals surface area contributed by atoms with Gasteiger partial charge in [0.05, 0.1) is 5.41 Å². The minimum absolute atomic E-state index is 0.629. The molecule has 0 N–H and O–H groups in total. The van der Waals surface area contributed by atoms with Crippen LogP contribution in [0.2, 0.25) is 0 Å². The van der Waals surface area contributed by atoms with E-state index in [2.05, 4.69) is 243 Å². The summed E-state index contributed by atoms with van der Waals surface area (Å²) in [6, 6.07) is 90.6. The van der Waals surface area contributed by atoms with E-state index in [9.17, 15) is 0 Å². The molecule has 0 fully saturated rings. The van der Waals surface area contributed by atoms with E-state index in [-0.39, 0.29) is 0 Å². The lowest BCUT2D eigenvalue weighted by Gasteiger charge is -2.35. The Hall–Kier alpha value is -8.06. The monoisotopic (exact) mass is 796 g/mol. The van der Waals surface area contributed by atoms with E-state index < -0.39 is 5.41 Å². The summed E-state index contributed by atoms with van der Waals surface area (Å²) in [4.78, 5) is 0. The molecule has 0 heteroatoms. The predicted octanol–water partition coefficient (Wildman–Crippen LogP) is 16.8. The molecule has 0 heterocycles. The fourth-order valence-electron chi connectivity index (χ4n) is 11.5. The van der Waals surface area contributed by atoms with E-state index in [4.69, 9.17) is 0 Å². The van der Waals surface area contributed by atoms with Crippen molar-refractivity contribution in [1.29, 1.82) is 0 Å². The van der Waals surface area contributed by atoms with E-state index in [0.717, 1.165) is 0 Å². The Bertz CT molecular complexity index is 3670. The van der Waals surface area contributed by atoms with E-state index >= 15 is 0 Å². The van der Waals surface area contributed by atoms with E-state index in [0.29, 0.717) is 0 Å². The molecular weight excluding hydrogens is 757 g/mol. The van der Waals surface area contributed by atoms with Gasteiger partial charge in [0.25, 0.3) is 0 Å². The van der Waals surface area contributed by atoms with Crippen molar-refractivity contribution >= 4 is 53.9 Å². The Balaban J connectivity index is 1.24. The molecule has 12 aromatic carbocycles. The summed E-state index contributed by atoms with van der Waals surface area (Å²) in [5, 5.41) is 12.7. The summed E-state index contributed by atoms with van der Waals surface area (Å²) in [6.07, 6.45) is 0. The summed E-state index contributed by atoms with van der Waals surface area (Å²) < 4.78 is 0. The molecule has 0 spiro atoms. The first-order chi connectivity index (χ1) is 31.3. The first-order valence-corrected chi connectivity index (χ1v) is 22.0. The van der Waals surface area contributed by atoms with Crippen LogP contribution in [0.25, 0.3) is 98.4 Å². The Labute approximate surface area is 367 Å². The van der Waals surface area contributed by atoms with Gasteiger partial charge in [0.2, 0.25) is 0 Å². The molecule has 0 aliphatic heterocycles. The maximum absolute atomic E-state index is 2.60. The average Bonchev–Trinajstić information content (AvgIpc) is 3.69. The van der Waals surface area contributed by atoms with Gasteiger partial charge in [-0.1, -0.05) is 237 Å². The molecular formula is C63H40. The fourth-order valence-corrected chi connectivity index (χ4v) is 11.5. The van der Waals surface area contributed by atoms with Gasteiger partial charge in [-0.2, -0.15) is 0 Å². The molecule has 0 aromatic heterocycles. The number of hydrogen-bond donors (Lipinski definition) is 0. The Morgan fingerprint density at radius 1 is 0.222 bits per heavy atom. The molecule has 12 aromatic rings. The van der Waals surface area contributed by atoms with Gasteiger partial charge in [0, 0.05) is 0 Å². The number of hydrogen-bond acceptors (Lipinski definition) is 0. The van der Waals surface area contributed by atoms with Gasteiger partial charge >= 0.3 is 0 Å². The summed E-state index contributed by atoms with van der Waals surface area (Å²) in [5.74, 6) is 0. The molecule has 0 saturated heterocycles. The standard InChI is InChI=1S/C63H40/c1-4-22-41(23-5-1)44-28-10-14-32-48(44)58-51-35-17-19-37-53(51)59(54-38-20-18-36-52(54)58)56-40-57-60(49-33-15-12-31-47(49)56)61-50-34-16-11-29-45(50)46-30-13-21-39-55(46)62(61)63(57,42-24-6-2-7-25-42)43-26-8-3-9-27-43/h1-40H. The van der Waals surface area contributed by atoms with Crippen molar-refractivity contribution in [2.75, 3.05) is 0 Å². The van der Waals surface area contributed by atoms with Crippen LogP contribution >= 0.6 is 0 Å². The van der Waals surface area contributed by atoms with Crippen LogP contribution in [0.15, 0.2) is 243 Å². The molecule has 0 bridgehead atoms. The van der Waals surface area contributed by atoms with Crippen LogP contribution in [0.1, 0.15) is 22.3 Å². The van der Waals surface area contributed by atoms with Crippen molar-refractivity contribution in [2.45, 2.75) is 5.41 Å². The third-order valence-corrected chi connectivity index (χ3v) is 13.9. The van der Waals surface area contributed by atoms with Crippen LogP contribution in [0.4, 0.5) is 0 Å². The second-order valence-electron chi connectivity index (χ2n) is 17.0. The van der Waals surface area contributed by atoms with E-state index in [1.807, 2.05) is 0 Å². The molecule has 0 nitrogen and oxygen atoms in total. The maximum Gasteiger partial charge on any atom is 0.0720 e. The molecule has 1 aliphatic carbocycles. The highest BCUT2D eigenvalue weighted by molar-refractivity contribution is 6.27. The Morgan fingerprint density at radius 3 is 1.10 bits per heavy atom. The largest absolute Gasteiger partial charge is 0.0720 e. The number of benzene rings is 12. The first-order valence-electron chi connectivity index (χ1n) is 22.0. The van der Waals surface area contributed by atoms with Gasteiger partial charge in [-0.05, 0) is 127 Å². The maximum atomic E-state index is 2.60. The lowest BCUT2D eigenvalue weighted by Crippen LogP contribution is -2.29. The van der Waals surface area contributed by atoms with Crippen LogP contribution in [-0.2, 0) is 5.41 Å². The molecule has 13 rings (SSSR count). The highest BCUT2D eigenvalue weighted by atomic mass is 14.5. The van der Waals surface area contributed by atoms with Crippen molar-refractivity contribution in [3.63, 3.8) is 0 Å². The third kappa shape index (κ3) is 5.04. The molecule has 63 heavy (non-hydrogen) atoms. The van der Waals surface area contributed by atoms with Crippen LogP contribution in [-0.4, -0.2) is 0 Å². The minimum atomic E-state index is -0.629. The Morgan fingerprint density at radius 2 is 0.571 bits per heavy atom. The zero-order valence-electron chi connectivity index (χ0n) is 34.6. The summed E-state index contributed by atoms with van der Waals surface area (Å²) >= 11 is 0. The number of rotatable bonds is 5. The molecule has 0 atom stereocenters. The Kier molecular flexibility index (Phi) is 7.92. The van der Waals surface area contributed by atoms with Gasteiger partial charge in [-0.15, -0.1) is 0 Å². The second-order valence-corrected chi connectivity index (χ2v) is 17.0. The van der Waals surface area contributed by atoms with Gasteiger partial charge in [-0.25, -0.2) is 0 Å². The molecule has 1 aliphatic rings. The average molecular weight is 797 g/mol. The normalized spacial score (nSPS) is 12.9. The SMILES string of the molecule is c1ccc(-c2ccccc2-c2c3ccccc3c(-c3cc4c(c5ccccc35)-c3c(c5ccccc5c5ccccc35)C4(c3ccccc3)c3ccccc3)c3ccccc23)cc1. The highest BCUT2D eigenvalue weighted by Gasteiger charge is 2.49. The highest BCUT2D eigenvalue weighted by Crippen LogP contribution is 2.63. The second kappa shape index (κ2) is 14.0. The smallest absolute Gasteiger partial charge is 0.0622 e. The van der Waals surface area contributed by atoms with Crippen LogP contribution in [0.5, 0.6) is 0 Å². The van der Waals surface area contributed by atoms with Crippen LogP contribution in [0.3, 0.4) is 0 Å². The molecule has 0 unspecified atom stereocenters. The summed E-state index contributed by atoms with van der Waals surface area (Å²) in [5.41, 5.74) is 14.7. The minimum Gasteiger partial charge on any atom is -0.0622 e. The van der Waals surface area contributed by atoms with Gasteiger partial charge in [-0.3, -0.25) is 0 Å².